The summed E-state index contributed by atoms with van der Waals surface area (Å²) in [5, 5.41) is 3.04. The van der Waals surface area contributed by atoms with Crippen molar-refractivity contribution >= 4 is 11.7 Å². The van der Waals surface area contributed by atoms with E-state index in [1.54, 1.807) is 0 Å². The number of hydrogen-bond donors (Lipinski definition) is 1. The lowest BCUT2D eigenvalue weighted by atomic mass is 9.91. The molecule has 4 heteroatoms. The zero-order chi connectivity index (χ0) is 21.0. The van der Waals surface area contributed by atoms with Gasteiger partial charge in [0.2, 0.25) is 5.91 Å². The molecule has 1 heterocycles. The van der Waals surface area contributed by atoms with Gasteiger partial charge in [-0.1, -0.05) is 84.9 Å². The first-order valence-corrected chi connectivity index (χ1v) is 10.7. The molecular formula is C27H23N3O. The van der Waals surface area contributed by atoms with Crippen molar-refractivity contribution in [1.29, 1.82) is 0 Å². The number of carbonyl (C=O) groups is 1. The lowest BCUT2D eigenvalue weighted by Crippen LogP contribution is -2.17. The third-order valence-electron chi connectivity index (χ3n) is 5.66. The van der Waals surface area contributed by atoms with Crippen molar-refractivity contribution in [3.05, 3.63) is 102 Å². The minimum absolute atomic E-state index is 0.0495. The van der Waals surface area contributed by atoms with Crippen LogP contribution in [0.4, 0.5) is 5.82 Å². The fourth-order valence-corrected chi connectivity index (χ4v) is 4.06. The van der Waals surface area contributed by atoms with Crippen LogP contribution in [0.3, 0.4) is 0 Å². The Kier molecular flexibility index (Phi) is 5.28. The van der Waals surface area contributed by atoms with Crippen LogP contribution in [0.15, 0.2) is 84.9 Å². The normalized spacial score (nSPS) is 12.0. The van der Waals surface area contributed by atoms with E-state index in [0.29, 0.717) is 24.4 Å². The number of carbonyl (C=O) groups excluding carboxylic acids is 1. The Morgan fingerprint density at radius 1 is 0.774 bits per heavy atom. The van der Waals surface area contributed by atoms with Crippen molar-refractivity contribution in [3.8, 4) is 22.5 Å². The van der Waals surface area contributed by atoms with Crippen LogP contribution in [0.5, 0.6) is 0 Å². The molecule has 4 aromatic rings. The molecule has 1 aromatic heterocycles. The third-order valence-corrected chi connectivity index (χ3v) is 5.66. The molecule has 0 atom stereocenters. The molecule has 31 heavy (non-hydrogen) atoms. The molecule has 0 spiro atoms. The highest BCUT2D eigenvalue weighted by Gasteiger charge is 2.22. The zero-order valence-electron chi connectivity index (χ0n) is 17.2. The maximum absolute atomic E-state index is 12.8. The molecule has 1 N–H and O–H groups in total. The Hall–Kier alpha value is -3.79. The molecular weight excluding hydrogens is 382 g/mol. The number of nitrogens with one attached hydrogen (secondary N) is 1. The Labute approximate surface area is 182 Å². The van der Waals surface area contributed by atoms with Gasteiger partial charge >= 0.3 is 0 Å². The van der Waals surface area contributed by atoms with Crippen LogP contribution in [0.1, 0.15) is 23.2 Å². The zero-order valence-corrected chi connectivity index (χ0v) is 17.2. The molecule has 4 nitrogen and oxygen atoms in total. The van der Waals surface area contributed by atoms with Crippen LogP contribution in [0, 0.1) is 0 Å². The monoisotopic (exact) mass is 405 g/mol. The van der Waals surface area contributed by atoms with E-state index in [9.17, 15) is 4.79 Å². The molecule has 1 aliphatic rings. The fourth-order valence-electron chi connectivity index (χ4n) is 4.06. The topological polar surface area (TPSA) is 54.9 Å². The second kappa shape index (κ2) is 8.52. The smallest absolute Gasteiger partial charge is 0.225 e. The van der Waals surface area contributed by atoms with Crippen molar-refractivity contribution in [1.82, 2.24) is 9.97 Å². The summed E-state index contributed by atoms with van der Waals surface area (Å²) in [5.74, 6) is 0.494. The minimum atomic E-state index is -0.0495. The molecule has 5 rings (SSSR count). The van der Waals surface area contributed by atoms with Crippen molar-refractivity contribution in [2.45, 2.75) is 25.7 Å². The van der Waals surface area contributed by atoms with Gasteiger partial charge in [-0.2, -0.15) is 0 Å². The number of fused-ring (bicyclic) bond motifs is 3. The van der Waals surface area contributed by atoms with Crippen molar-refractivity contribution in [2.75, 3.05) is 5.32 Å². The Balaban J connectivity index is 1.49. The van der Waals surface area contributed by atoms with Crippen LogP contribution in [0.25, 0.3) is 22.5 Å². The van der Waals surface area contributed by atoms with E-state index in [1.807, 2.05) is 66.7 Å². The van der Waals surface area contributed by atoms with Crippen LogP contribution in [-0.2, 0) is 24.1 Å². The van der Waals surface area contributed by atoms with Crippen LogP contribution in [0.2, 0.25) is 0 Å². The predicted octanol–water partition coefficient (Wildman–Crippen LogP) is 5.48. The molecule has 0 bridgehead atoms. The molecule has 3 aromatic carbocycles. The van der Waals surface area contributed by atoms with Gasteiger partial charge in [0.05, 0.1) is 11.4 Å². The van der Waals surface area contributed by atoms with Gasteiger partial charge in [-0.25, -0.2) is 9.97 Å². The number of hydrogen-bond acceptors (Lipinski definition) is 3. The van der Waals surface area contributed by atoms with Gasteiger partial charge in [-0.3, -0.25) is 4.79 Å². The first-order chi connectivity index (χ1) is 15.3. The minimum Gasteiger partial charge on any atom is -0.309 e. The number of nitrogens with zero attached hydrogens (tertiary/aromatic N) is 2. The largest absolute Gasteiger partial charge is 0.309 e. The summed E-state index contributed by atoms with van der Waals surface area (Å²) in [6, 6.07) is 28.4. The van der Waals surface area contributed by atoms with Crippen LogP contribution >= 0.6 is 0 Å². The highest BCUT2D eigenvalue weighted by molar-refractivity contribution is 5.94. The predicted molar refractivity (Wildman–Crippen MR) is 124 cm³/mol. The summed E-state index contributed by atoms with van der Waals surface area (Å²) in [4.78, 5) is 22.7. The summed E-state index contributed by atoms with van der Waals surface area (Å²) in [6.45, 7) is 0. The van der Waals surface area contributed by atoms with Gasteiger partial charge in [-0.05, 0) is 30.4 Å². The lowest BCUT2D eigenvalue weighted by molar-refractivity contribution is -0.116. The summed E-state index contributed by atoms with van der Waals surface area (Å²) in [5.41, 5.74) is 7.09. The number of aryl methyl sites for hydroxylation is 3. The Morgan fingerprint density at radius 3 is 2.29 bits per heavy atom. The summed E-state index contributed by atoms with van der Waals surface area (Å²) in [7, 11) is 0. The van der Waals surface area contributed by atoms with Gasteiger partial charge in [-0.15, -0.1) is 0 Å². The molecule has 0 fully saturated rings. The SMILES string of the molecule is O=C(CCc1ccccc1)Nc1nc2c(nc1-c1ccccc1)-c1ccccc1CC2. The first kappa shape index (κ1) is 19.2. The molecule has 0 unspecified atom stereocenters. The number of anilines is 1. The van der Waals surface area contributed by atoms with Crippen molar-refractivity contribution < 1.29 is 4.79 Å². The highest BCUT2D eigenvalue weighted by atomic mass is 16.1. The van der Waals surface area contributed by atoms with Crippen molar-refractivity contribution in [2.24, 2.45) is 0 Å². The van der Waals surface area contributed by atoms with E-state index in [0.717, 1.165) is 40.9 Å². The molecule has 152 valence electrons. The lowest BCUT2D eigenvalue weighted by Gasteiger charge is -2.21. The molecule has 0 saturated heterocycles. The van der Waals surface area contributed by atoms with Gasteiger partial charge in [0.1, 0.15) is 5.69 Å². The quantitative estimate of drug-likeness (QED) is 0.478. The Morgan fingerprint density at radius 2 is 1.48 bits per heavy atom. The van der Waals surface area contributed by atoms with E-state index in [2.05, 4.69) is 23.5 Å². The number of amides is 1. The maximum atomic E-state index is 12.8. The van der Waals surface area contributed by atoms with E-state index in [1.165, 1.54) is 5.56 Å². The highest BCUT2D eigenvalue weighted by Crippen LogP contribution is 2.35. The molecule has 0 radical (unpaired) electrons. The second-order valence-corrected chi connectivity index (χ2v) is 7.77. The van der Waals surface area contributed by atoms with E-state index < -0.39 is 0 Å². The second-order valence-electron chi connectivity index (χ2n) is 7.77. The number of rotatable bonds is 5. The van der Waals surface area contributed by atoms with Gasteiger partial charge in [0.15, 0.2) is 5.82 Å². The summed E-state index contributed by atoms with van der Waals surface area (Å²) >= 11 is 0. The van der Waals surface area contributed by atoms with E-state index in [4.69, 9.17) is 9.97 Å². The van der Waals surface area contributed by atoms with E-state index in [-0.39, 0.29) is 5.91 Å². The van der Waals surface area contributed by atoms with Gasteiger partial charge < -0.3 is 5.32 Å². The number of aromatic nitrogens is 2. The van der Waals surface area contributed by atoms with Gasteiger partial charge in [0.25, 0.3) is 0 Å². The molecule has 1 aliphatic carbocycles. The average molecular weight is 406 g/mol. The van der Waals surface area contributed by atoms with Crippen molar-refractivity contribution in [3.63, 3.8) is 0 Å². The van der Waals surface area contributed by atoms with Crippen LogP contribution < -0.4 is 5.32 Å². The maximum Gasteiger partial charge on any atom is 0.225 e. The first-order valence-electron chi connectivity index (χ1n) is 10.7. The molecule has 1 amide bonds. The summed E-state index contributed by atoms with van der Waals surface area (Å²) < 4.78 is 0. The fraction of sp³-hybridized carbons (Fsp3) is 0.148. The third kappa shape index (κ3) is 4.10. The van der Waals surface area contributed by atoms with Crippen LogP contribution in [-0.4, -0.2) is 15.9 Å². The summed E-state index contributed by atoms with van der Waals surface area (Å²) in [6.07, 6.45) is 2.85. The Bertz CT molecular complexity index is 1220. The van der Waals surface area contributed by atoms with E-state index >= 15 is 0 Å². The standard InChI is InChI=1S/C27H23N3O/c31-24(18-15-19-9-3-1-4-10-19)29-27-25(21-12-5-2-6-13-21)30-26-22-14-8-7-11-20(22)16-17-23(26)28-27/h1-14H,15-18H2,(H,28,29,31). The molecule has 0 aliphatic heterocycles. The molecule has 0 saturated carbocycles. The van der Waals surface area contributed by atoms with Gasteiger partial charge in [0, 0.05) is 17.5 Å². The number of benzene rings is 3. The average Bonchev–Trinajstić information content (AvgIpc) is 2.83.